The highest BCUT2D eigenvalue weighted by atomic mass is 79.9. The van der Waals surface area contributed by atoms with Crippen LogP contribution in [-0.2, 0) is 5.60 Å². The number of methoxy groups -OCH3 is 1. The van der Waals surface area contributed by atoms with E-state index in [-0.39, 0.29) is 10.2 Å². The normalized spacial score (nSPS) is 17.6. The van der Waals surface area contributed by atoms with Gasteiger partial charge in [-0.05, 0) is 34.8 Å². The molecule has 3 nitrogen and oxygen atoms in total. The molecule has 0 atom stereocenters. The van der Waals surface area contributed by atoms with Gasteiger partial charge >= 0.3 is 0 Å². The minimum atomic E-state index is -0.998. The number of halogens is 2. The summed E-state index contributed by atoms with van der Waals surface area (Å²) in [5.74, 6) is -0.980. The molecule has 1 aliphatic carbocycles. The van der Waals surface area contributed by atoms with Crippen molar-refractivity contribution in [3.8, 4) is 11.5 Å². The number of ether oxygens (including phenoxy) is 1. The van der Waals surface area contributed by atoms with Crippen LogP contribution in [0.5, 0.6) is 11.5 Å². The van der Waals surface area contributed by atoms with Gasteiger partial charge in [0.1, 0.15) is 10.2 Å². The van der Waals surface area contributed by atoms with Gasteiger partial charge in [-0.15, -0.1) is 0 Å². The van der Waals surface area contributed by atoms with Crippen LogP contribution in [0.3, 0.4) is 0 Å². The molecule has 0 heterocycles. The van der Waals surface area contributed by atoms with E-state index < -0.39 is 17.2 Å². The third-order valence-electron chi connectivity index (χ3n) is 2.58. The van der Waals surface area contributed by atoms with Crippen LogP contribution in [-0.4, -0.2) is 17.3 Å². The lowest BCUT2D eigenvalue weighted by atomic mass is 10.1. The lowest BCUT2D eigenvalue weighted by Crippen LogP contribution is -2.08. The molecule has 15 heavy (non-hydrogen) atoms. The van der Waals surface area contributed by atoms with Gasteiger partial charge in [0.25, 0.3) is 0 Å². The zero-order valence-electron chi connectivity index (χ0n) is 8.05. The van der Waals surface area contributed by atoms with E-state index in [1.807, 2.05) is 0 Å². The molecular weight excluding hydrogens is 267 g/mol. The molecule has 0 radical (unpaired) electrons. The Morgan fingerprint density at radius 3 is 2.60 bits per heavy atom. The van der Waals surface area contributed by atoms with Crippen LogP contribution < -0.4 is 4.74 Å². The van der Waals surface area contributed by atoms with Crippen LogP contribution in [0, 0.1) is 5.82 Å². The van der Waals surface area contributed by atoms with Crippen LogP contribution in [0.1, 0.15) is 18.4 Å². The third kappa shape index (κ3) is 1.59. The molecule has 5 heteroatoms. The molecule has 2 rings (SSSR count). The zero-order valence-corrected chi connectivity index (χ0v) is 9.64. The summed E-state index contributed by atoms with van der Waals surface area (Å²) in [5, 5.41) is 19.2. The van der Waals surface area contributed by atoms with Gasteiger partial charge in [-0.2, -0.15) is 0 Å². The highest BCUT2D eigenvalue weighted by Crippen LogP contribution is 2.52. The highest BCUT2D eigenvalue weighted by Gasteiger charge is 2.45. The molecule has 1 aliphatic rings. The zero-order chi connectivity index (χ0) is 11.2. The Balaban J connectivity index is 2.63. The molecule has 1 aromatic carbocycles. The van der Waals surface area contributed by atoms with Crippen molar-refractivity contribution >= 4 is 15.9 Å². The van der Waals surface area contributed by atoms with Gasteiger partial charge in [0.15, 0.2) is 11.6 Å². The van der Waals surface area contributed by atoms with E-state index in [0.717, 1.165) is 6.07 Å². The first kappa shape index (κ1) is 10.7. The Morgan fingerprint density at radius 1 is 1.53 bits per heavy atom. The van der Waals surface area contributed by atoms with E-state index in [0.29, 0.717) is 18.4 Å². The Bertz CT molecular complexity index is 416. The summed E-state index contributed by atoms with van der Waals surface area (Å²) in [4.78, 5) is 0. The van der Waals surface area contributed by atoms with Crippen LogP contribution in [0.25, 0.3) is 0 Å². The van der Waals surface area contributed by atoms with Crippen molar-refractivity contribution in [3.63, 3.8) is 0 Å². The number of phenols is 1. The number of phenolic OH excluding ortho intramolecular Hbond substituents is 1. The second-order valence-electron chi connectivity index (χ2n) is 3.63. The molecule has 0 spiro atoms. The summed E-state index contributed by atoms with van der Waals surface area (Å²) in [7, 11) is 1.41. The van der Waals surface area contributed by atoms with Crippen LogP contribution in [0.4, 0.5) is 4.39 Å². The Hall–Kier alpha value is -0.810. The minimum absolute atomic E-state index is 0.139. The monoisotopic (exact) mass is 276 g/mol. The summed E-state index contributed by atoms with van der Waals surface area (Å²) < 4.78 is 18.5. The molecule has 0 bridgehead atoms. The van der Waals surface area contributed by atoms with Gasteiger partial charge in [-0.1, -0.05) is 0 Å². The first-order valence-electron chi connectivity index (χ1n) is 4.47. The molecule has 0 unspecified atom stereocenters. The molecule has 0 saturated heterocycles. The van der Waals surface area contributed by atoms with E-state index in [4.69, 9.17) is 4.74 Å². The van der Waals surface area contributed by atoms with Crippen LogP contribution in [0.15, 0.2) is 10.5 Å². The SMILES string of the molecule is COc1c(C2(O)CC2)cc(F)c(O)c1Br. The van der Waals surface area contributed by atoms with Gasteiger partial charge in [0, 0.05) is 5.56 Å². The first-order chi connectivity index (χ1) is 6.99. The summed E-state index contributed by atoms with van der Waals surface area (Å²) in [6.07, 6.45) is 1.17. The standard InChI is InChI=1S/C10H10BrFO3/c1-15-9-5(10(14)2-3-10)4-6(12)8(13)7(9)11/h4,13-14H,2-3H2,1H3. The van der Waals surface area contributed by atoms with Gasteiger partial charge in [0.2, 0.25) is 0 Å². The summed E-state index contributed by atoms with van der Waals surface area (Å²) in [6, 6.07) is 1.12. The van der Waals surface area contributed by atoms with Crippen molar-refractivity contribution in [1.82, 2.24) is 0 Å². The summed E-state index contributed by atoms with van der Waals surface area (Å²) in [6.45, 7) is 0. The predicted octanol–water partition coefficient (Wildman–Crippen LogP) is 2.28. The van der Waals surface area contributed by atoms with Crippen molar-refractivity contribution in [1.29, 1.82) is 0 Å². The topological polar surface area (TPSA) is 49.7 Å². The third-order valence-corrected chi connectivity index (χ3v) is 3.31. The van der Waals surface area contributed by atoms with Gasteiger partial charge in [0.05, 0.1) is 12.7 Å². The van der Waals surface area contributed by atoms with Gasteiger partial charge in [-0.3, -0.25) is 0 Å². The van der Waals surface area contributed by atoms with Gasteiger partial charge in [-0.25, -0.2) is 4.39 Å². The fourth-order valence-corrected chi connectivity index (χ4v) is 2.09. The number of benzene rings is 1. The quantitative estimate of drug-likeness (QED) is 0.872. The second kappa shape index (κ2) is 3.35. The molecule has 0 amide bonds. The van der Waals surface area contributed by atoms with E-state index >= 15 is 0 Å². The lowest BCUT2D eigenvalue weighted by molar-refractivity contribution is 0.146. The summed E-state index contributed by atoms with van der Waals surface area (Å²) >= 11 is 3.04. The maximum Gasteiger partial charge on any atom is 0.169 e. The highest BCUT2D eigenvalue weighted by molar-refractivity contribution is 9.10. The molecule has 0 aromatic heterocycles. The Labute approximate surface area is 94.6 Å². The number of aliphatic hydroxyl groups is 1. The summed E-state index contributed by atoms with van der Waals surface area (Å²) in [5.41, 5.74) is -0.616. The Kier molecular flexibility index (Phi) is 2.39. The molecule has 1 saturated carbocycles. The average Bonchev–Trinajstić information content (AvgIpc) is 2.94. The Morgan fingerprint density at radius 2 is 2.13 bits per heavy atom. The maximum atomic E-state index is 13.3. The minimum Gasteiger partial charge on any atom is -0.504 e. The fraction of sp³-hybridized carbons (Fsp3) is 0.400. The predicted molar refractivity (Wildman–Crippen MR) is 55.4 cm³/mol. The molecule has 0 aliphatic heterocycles. The largest absolute Gasteiger partial charge is 0.504 e. The van der Waals surface area contributed by atoms with Crippen molar-refractivity contribution in [2.75, 3.05) is 7.11 Å². The van der Waals surface area contributed by atoms with E-state index in [1.54, 1.807) is 0 Å². The molecular formula is C10H10BrFO3. The molecule has 1 fully saturated rings. The number of hydrogen-bond donors (Lipinski definition) is 2. The maximum absolute atomic E-state index is 13.3. The number of hydrogen-bond acceptors (Lipinski definition) is 3. The van der Waals surface area contributed by atoms with Crippen molar-refractivity contribution in [3.05, 3.63) is 21.9 Å². The first-order valence-corrected chi connectivity index (χ1v) is 5.27. The number of aromatic hydroxyl groups is 1. The van der Waals surface area contributed by atoms with Crippen molar-refractivity contribution in [2.45, 2.75) is 18.4 Å². The molecule has 2 N–H and O–H groups in total. The van der Waals surface area contributed by atoms with E-state index in [9.17, 15) is 14.6 Å². The van der Waals surface area contributed by atoms with Crippen molar-refractivity contribution in [2.24, 2.45) is 0 Å². The number of rotatable bonds is 2. The fourth-order valence-electron chi connectivity index (χ4n) is 1.52. The van der Waals surface area contributed by atoms with Gasteiger partial charge < -0.3 is 14.9 Å². The second-order valence-corrected chi connectivity index (χ2v) is 4.43. The van der Waals surface area contributed by atoms with Crippen molar-refractivity contribution < 1.29 is 19.3 Å². The van der Waals surface area contributed by atoms with Crippen LogP contribution >= 0.6 is 15.9 Å². The molecule has 82 valence electrons. The molecule has 1 aromatic rings. The van der Waals surface area contributed by atoms with E-state index in [1.165, 1.54) is 7.11 Å². The average molecular weight is 277 g/mol. The lowest BCUT2D eigenvalue weighted by Gasteiger charge is -2.16. The smallest absolute Gasteiger partial charge is 0.169 e. The van der Waals surface area contributed by atoms with E-state index in [2.05, 4.69) is 15.9 Å². The van der Waals surface area contributed by atoms with Crippen LogP contribution in [0.2, 0.25) is 0 Å².